The van der Waals surface area contributed by atoms with Gasteiger partial charge in [-0.15, -0.1) is 0 Å². The highest BCUT2D eigenvalue weighted by Gasteiger charge is 2.15. The Morgan fingerprint density at radius 3 is 2.55 bits per heavy atom. The van der Waals surface area contributed by atoms with Crippen molar-refractivity contribution < 1.29 is 0 Å². The second-order valence-electron chi connectivity index (χ2n) is 8.99. The first-order chi connectivity index (χ1) is 15.9. The fourth-order valence-electron chi connectivity index (χ4n) is 4.40. The molecular formula is C25H28BN7. The molecule has 0 bridgehead atoms. The molecule has 8 heteroatoms. The molecule has 0 spiro atoms. The first-order valence-electron chi connectivity index (χ1n) is 11.3. The maximum atomic E-state index is 5.98. The number of hydrogen-bond acceptors (Lipinski definition) is 6. The van der Waals surface area contributed by atoms with Crippen molar-refractivity contribution in [2.24, 2.45) is 7.05 Å². The second kappa shape index (κ2) is 8.96. The first-order valence-corrected chi connectivity index (χ1v) is 11.3. The molecule has 2 radical (unpaired) electrons. The van der Waals surface area contributed by atoms with Crippen LogP contribution in [0.25, 0.3) is 22.0 Å². The summed E-state index contributed by atoms with van der Waals surface area (Å²) in [4.78, 5) is 14.2. The lowest BCUT2D eigenvalue weighted by molar-refractivity contribution is 0.148. The SMILES string of the molecule is [B]c1cc(C)c2nc(Nc3cc(CN4CCN(C)CC4)cc(-c4cnn(C)c4)c3)ncc2c1. The number of likely N-dealkylation sites (N-methyl/N-ethyl adjacent to an activating group) is 1. The van der Waals surface area contributed by atoms with E-state index in [1.165, 1.54) is 5.56 Å². The largest absolute Gasteiger partial charge is 0.324 e. The molecule has 2 aromatic heterocycles. The zero-order valence-electron chi connectivity index (χ0n) is 19.4. The van der Waals surface area contributed by atoms with Gasteiger partial charge in [-0.25, -0.2) is 9.97 Å². The Labute approximate surface area is 195 Å². The van der Waals surface area contributed by atoms with Crippen LogP contribution in [0, 0.1) is 6.92 Å². The molecule has 0 unspecified atom stereocenters. The number of rotatable bonds is 5. The summed E-state index contributed by atoms with van der Waals surface area (Å²) in [5, 5.41) is 8.73. The molecule has 0 saturated carbocycles. The van der Waals surface area contributed by atoms with E-state index in [2.05, 4.69) is 50.4 Å². The summed E-state index contributed by atoms with van der Waals surface area (Å²) < 4.78 is 1.83. The van der Waals surface area contributed by atoms with E-state index in [-0.39, 0.29) is 0 Å². The summed E-state index contributed by atoms with van der Waals surface area (Å²) in [6, 6.07) is 10.4. The van der Waals surface area contributed by atoms with Crippen molar-refractivity contribution in [1.82, 2.24) is 29.5 Å². The summed E-state index contributed by atoms with van der Waals surface area (Å²) in [5.74, 6) is 0.573. The molecular weight excluding hydrogens is 409 g/mol. The van der Waals surface area contributed by atoms with Gasteiger partial charge in [0.05, 0.1) is 11.7 Å². The van der Waals surface area contributed by atoms with Gasteiger partial charge < -0.3 is 10.2 Å². The number of nitrogens with zero attached hydrogens (tertiary/aromatic N) is 6. The quantitative estimate of drug-likeness (QED) is 0.485. The van der Waals surface area contributed by atoms with E-state index in [9.17, 15) is 0 Å². The molecule has 7 nitrogen and oxygen atoms in total. The minimum Gasteiger partial charge on any atom is -0.324 e. The highest BCUT2D eigenvalue weighted by atomic mass is 15.2. The minimum absolute atomic E-state index is 0.573. The topological polar surface area (TPSA) is 62.1 Å². The Kier molecular flexibility index (Phi) is 5.87. The predicted molar refractivity (Wildman–Crippen MR) is 134 cm³/mol. The van der Waals surface area contributed by atoms with Crippen LogP contribution >= 0.6 is 0 Å². The summed E-state index contributed by atoms with van der Waals surface area (Å²) >= 11 is 0. The number of aromatic nitrogens is 4. The number of benzene rings is 2. The molecule has 0 atom stereocenters. The molecule has 2 aromatic carbocycles. The Bertz CT molecular complexity index is 1290. The molecule has 3 heterocycles. The number of fused-ring (bicyclic) bond motifs is 1. The molecule has 0 amide bonds. The second-order valence-corrected chi connectivity index (χ2v) is 8.99. The number of anilines is 2. The smallest absolute Gasteiger partial charge is 0.227 e. The van der Waals surface area contributed by atoms with Crippen molar-refractivity contribution in [2.45, 2.75) is 13.5 Å². The molecule has 1 fully saturated rings. The number of hydrogen-bond donors (Lipinski definition) is 1. The van der Waals surface area contributed by atoms with Crippen LogP contribution < -0.4 is 10.8 Å². The fraction of sp³-hybridized carbons (Fsp3) is 0.320. The maximum Gasteiger partial charge on any atom is 0.227 e. The predicted octanol–water partition coefficient (Wildman–Crippen LogP) is 2.62. The number of piperazine rings is 1. The number of nitrogens with one attached hydrogen (secondary N) is 1. The van der Waals surface area contributed by atoms with Crippen LogP contribution in [0.5, 0.6) is 0 Å². The molecule has 0 aliphatic carbocycles. The summed E-state index contributed by atoms with van der Waals surface area (Å²) in [6.07, 6.45) is 5.77. The lowest BCUT2D eigenvalue weighted by Gasteiger charge is -2.32. The van der Waals surface area contributed by atoms with Crippen molar-refractivity contribution in [3.63, 3.8) is 0 Å². The van der Waals surface area contributed by atoms with E-state index in [1.807, 2.05) is 49.4 Å². The average molecular weight is 437 g/mol. The molecule has 33 heavy (non-hydrogen) atoms. The van der Waals surface area contributed by atoms with Gasteiger partial charge in [0, 0.05) is 68.8 Å². The zero-order chi connectivity index (χ0) is 22.9. The van der Waals surface area contributed by atoms with Crippen LogP contribution in [0.2, 0.25) is 0 Å². The Hall–Kier alpha value is -3.23. The normalized spacial score (nSPS) is 15.2. The van der Waals surface area contributed by atoms with Crippen molar-refractivity contribution >= 4 is 35.8 Å². The number of aryl methyl sites for hydroxylation is 2. The zero-order valence-corrected chi connectivity index (χ0v) is 19.4. The van der Waals surface area contributed by atoms with E-state index in [0.29, 0.717) is 5.95 Å². The highest BCUT2D eigenvalue weighted by molar-refractivity contribution is 6.33. The fourth-order valence-corrected chi connectivity index (χ4v) is 4.40. The van der Waals surface area contributed by atoms with Crippen molar-refractivity contribution in [1.29, 1.82) is 0 Å². The van der Waals surface area contributed by atoms with E-state index in [1.54, 1.807) is 0 Å². The van der Waals surface area contributed by atoms with Gasteiger partial charge in [0.25, 0.3) is 0 Å². The van der Waals surface area contributed by atoms with Crippen LogP contribution in [0.15, 0.2) is 48.9 Å². The molecule has 1 aliphatic heterocycles. The van der Waals surface area contributed by atoms with E-state index < -0.39 is 0 Å². The van der Waals surface area contributed by atoms with Gasteiger partial charge in [-0.05, 0) is 48.9 Å². The molecule has 166 valence electrons. The third-order valence-electron chi connectivity index (χ3n) is 6.19. The molecule has 5 rings (SSSR count). The van der Waals surface area contributed by atoms with E-state index >= 15 is 0 Å². The van der Waals surface area contributed by atoms with Crippen molar-refractivity contribution in [3.05, 3.63) is 60.0 Å². The van der Waals surface area contributed by atoms with Gasteiger partial charge in [-0.2, -0.15) is 5.10 Å². The summed E-state index contributed by atoms with van der Waals surface area (Å²) in [7, 11) is 10.1. The van der Waals surface area contributed by atoms with Gasteiger partial charge in [0.15, 0.2) is 0 Å². The van der Waals surface area contributed by atoms with Crippen molar-refractivity contribution in [2.75, 3.05) is 38.5 Å². The summed E-state index contributed by atoms with van der Waals surface area (Å²) in [6.45, 7) is 7.28. The third kappa shape index (κ3) is 4.92. The van der Waals surface area contributed by atoms with Gasteiger partial charge in [0.2, 0.25) is 5.95 Å². The van der Waals surface area contributed by atoms with Gasteiger partial charge >= 0.3 is 0 Å². The third-order valence-corrected chi connectivity index (χ3v) is 6.19. The maximum absolute atomic E-state index is 5.98. The minimum atomic E-state index is 0.573. The Balaban J connectivity index is 1.47. The lowest BCUT2D eigenvalue weighted by atomic mass is 9.93. The highest BCUT2D eigenvalue weighted by Crippen LogP contribution is 2.27. The molecule has 1 saturated heterocycles. The van der Waals surface area contributed by atoms with Crippen LogP contribution in [0.4, 0.5) is 11.6 Å². The van der Waals surface area contributed by atoms with Crippen LogP contribution in [-0.2, 0) is 13.6 Å². The van der Waals surface area contributed by atoms with Gasteiger partial charge in [-0.1, -0.05) is 17.6 Å². The Morgan fingerprint density at radius 2 is 1.79 bits per heavy atom. The van der Waals surface area contributed by atoms with E-state index in [0.717, 1.165) is 71.5 Å². The van der Waals surface area contributed by atoms with Gasteiger partial charge in [-0.3, -0.25) is 9.58 Å². The average Bonchev–Trinajstić information content (AvgIpc) is 3.22. The van der Waals surface area contributed by atoms with Crippen LogP contribution in [0.1, 0.15) is 11.1 Å². The van der Waals surface area contributed by atoms with Gasteiger partial charge in [0.1, 0.15) is 7.85 Å². The summed E-state index contributed by atoms with van der Waals surface area (Å²) in [5.41, 5.74) is 7.11. The molecule has 1 N–H and O–H groups in total. The monoisotopic (exact) mass is 437 g/mol. The van der Waals surface area contributed by atoms with E-state index in [4.69, 9.17) is 12.8 Å². The first kappa shape index (κ1) is 21.6. The van der Waals surface area contributed by atoms with Crippen LogP contribution in [-0.4, -0.2) is 70.6 Å². The van der Waals surface area contributed by atoms with Crippen LogP contribution in [0.3, 0.4) is 0 Å². The molecule has 4 aromatic rings. The van der Waals surface area contributed by atoms with Crippen molar-refractivity contribution in [3.8, 4) is 11.1 Å². The Morgan fingerprint density at radius 1 is 0.970 bits per heavy atom. The standard InChI is InChI=1S/C25H28BN7/c1-17-8-22(26)11-20-13-27-25(30-24(17)20)29-23-10-18(15-33-6-4-31(2)5-7-33)9-19(12-23)21-14-28-32(3)16-21/h8-14,16H,4-7,15H2,1-3H3,(H,27,29,30). The molecule has 1 aliphatic rings. The lowest BCUT2D eigenvalue weighted by Crippen LogP contribution is -2.43.